The summed E-state index contributed by atoms with van der Waals surface area (Å²) in [6, 6.07) is 3.91. The molecule has 0 fully saturated rings. The van der Waals surface area contributed by atoms with Gasteiger partial charge in [-0.1, -0.05) is 26.8 Å². The van der Waals surface area contributed by atoms with E-state index in [9.17, 15) is 9.59 Å². The van der Waals surface area contributed by atoms with Crippen LogP contribution in [0.3, 0.4) is 0 Å². The standard InChI is InChI=1S/C13H19N3O3/c1-13(2,3)10(11(17)18)16-12(19)15-8-9-6-4-5-7-14-9/h4-7,10H,8H2,1-3H3,(H,17,18)(H2,15,16,19)/t10-/m0/s1. The summed E-state index contributed by atoms with van der Waals surface area (Å²) in [5.41, 5.74) is 0.147. The Balaban J connectivity index is 2.52. The van der Waals surface area contributed by atoms with Gasteiger partial charge in [0.25, 0.3) is 0 Å². The Bertz CT molecular complexity index is 440. The highest BCUT2D eigenvalue weighted by atomic mass is 16.4. The molecule has 0 unspecified atom stereocenters. The largest absolute Gasteiger partial charge is 0.480 e. The summed E-state index contributed by atoms with van der Waals surface area (Å²) in [6.07, 6.45) is 1.63. The van der Waals surface area contributed by atoms with Crippen LogP contribution in [0.15, 0.2) is 24.4 Å². The van der Waals surface area contributed by atoms with Gasteiger partial charge in [0.2, 0.25) is 0 Å². The van der Waals surface area contributed by atoms with Crippen LogP contribution in [0.5, 0.6) is 0 Å². The van der Waals surface area contributed by atoms with Crippen LogP contribution in [-0.2, 0) is 11.3 Å². The van der Waals surface area contributed by atoms with Gasteiger partial charge < -0.3 is 15.7 Å². The molecule has 0 aliphatic carbocycles. The molecule has 1 rings (SSSR count). The van der Waals surface area contributed by atoms with Gasteiger partial charge in [-0.2, -0.15) is 0 Å². The fourth-order valence-electron chi connectivity index (χ4n) is 1.50. The predicted octanol–water partition coefficient (Wildman–Crippen LogP) is 1.38. The Morgan fingerprint density at radius 1 is 1.37 bits per heavy atom. The molecule has 0 aromatic carbocycles. The van der Waals surface area contributed by atoms with Crippen molar-refractivity contribution < 1.29 is 14.7 Å². The van der Waals surface area contributed by atoms with Crippen molar-refractivity contribution in [1.29, 1.82) is 0 Å². The van der Waals surface area contributed by atoms with Gasteiger partial charge in [-0.3, -0.25) is 4.98 Å². The zero-order chi connectivity index (χ0) is 14.5. The van der Waals surface area contributed by atoms with Crippen molar-refractivity contribution >= 4 is 12.0 Å². The number of aliphatic carboxylic acids is 1. The first-order valence-corrected chi connectivity index (χ1v) is 5.98. The van der Waals surface area contributed by atoms with E-state index in [0.29, 0.717) is 5.69 Å². The van der Waals surface area contributed by atoms with E-state index in [1.54, 1.807) is 39.1 Å². The van der Waals surface area contributed by atoms with Crippen molar-refractivity contribution in [3.8, 4) is 0 Å². The Labute approximate surface area is 112 Å². The van der Waals surface area contributed by atoms with E-state index in [0.717, 1.165) is 0 Å². The van der Waals surface area contributed by atoms with E-state index in [-0.39, 0.29) is 6.54 Å². The third kappa shape index (κ3) is 4.95. The molecular formula is C13H19N3O3. The Kier molecular flexibility index (Phi) is 4.86. The summed E-state index contributed by atoms with van der Waals surface area (Å²) >= 11 is 0. The second kappa shape index (κ2) is 6.17. The summed E-state index contributed by atoms with van der Waals surface area (Å²) < 4.78 is 0. The van der Waals surface area contributed by atoms with Gasteiger partial charge in [0.15, 0.2) is 0 Å². The van der Waals surface area contributed by atoms with Gasteiger partial charge in [-0.25, -0.2) is 9.59 Å². The van der Waals surface area contributed by atoms with Crippen LogP contribution in [0, 0.1) is 5.41 Å². The number of amides is 2. The normalized spacial score (nSPS) is 12.6. The molecule has 1 heterocycles. The number of carbonyl (C=O) groups is 2. The van der Waals surface area contributed by atoms with E-state index in [2.05, 4.69) is 15.6 Å². The van der Waals surface area contributed by atoms with E-state index >= 15 is 0 Å². The Morgan fingerprint density at radius 2 is 2.05 bits per heavy atom. The number of rotatable bonds is 4. The number of carbonyl (C=O) groups excluding carboxylic acids is 1. The monoisotopic (exact) mass is 265 g/mol. The van der Waals surface area contributed by atoms with Crippen molar-refractivity contribution in [1.82, 2.24) is 15.6 Å². The maximum absolute atomic E-state index is 11.7. The van der Waals surface area contributed by atoms with Crippen molar-refractivity contribution in [2.75, 3.05) is 0 Å². The maximum atomic E-state index is 11.7. The number of hydrogen-bond acceptors (Lipinski definition) is 3. The highest BCUT2D eigenvalue weighted by Gasteiger charge is 2.32. The van der Waals surface area contributed by atoms with E-state index in [1.165, 1.54) is 0 Å². The number of carboxylic acid groups (broad SMARTS) is 1. The Morgan fingerprint density at radius 3 is 2.53 bits per heavy atom. The third-order valence-corrected chi connectivity index (χ3v) is 2.54. The van der Waals surface area contributed by atoms with Crippen LogP contribution >= 0.6 is 0 Å². The summed E-state index contributed by atoms with van der Waals surface area (Å²) in [7, 11) is 0. The minimum absolute atomic E-state index is 0.253. The van der Waals surface area contributed by atoms with Gasteiger partial charge in [0, 0.05) is 6.20 Å². The average molecular weight is 265 g/mol. The van der Waals surface area contributed by atoms with Gasteiger partial charge in [-0.05, 0) is 17.5 Å². The SMILES string of the molecule is CC(C)(C)[C@@H](NC(=O)NCc1ccccn1)C(=O)O. The summed E-state index contributed by atoms with van der Waals surface area (Å²) in [5, 5.41) is 14.1. The second-order valence-electron chi connectivity index (χ2n) is 5.29. The zero-order valence-corrected chi connectivity index (χ0v) is 11.3. The molecular weight excluding hydrogens is 246 g/mol. The molecule has 3 N–H and O–H groups in total. The minimum Gasteiger partial charge on any atom is -0.480 e. The van der Waals surface area contributed by atoms with Gasteiger partial charge in [0.1, 0.15) is 6.04 Å². The first-order valence-electron chi connectivity index (χ1n) is 5.98. The summed E-state index contributed by atoms with van der Waals surface area (Å²) in [4.78, 5) is 26.8. The quantitative estimate of drug-likeness (QED) is 0.767. The number of hydrogen-bond donors (Lipinski definition) is 3. The number of nitrogens with zero attached hydrogens (tertiary/aromatic N) is 1. The van der Waals surface area contributed by atoms with Gasteiger partial charge >= 0.3 is 12.0 Å². The molecule has 0 saturated heterocycles. The molecule has 0 radical (unpaired) electrons. The zero-order valence-electron chi connectivity index (χ0n) is 11.3. The Hall–Kier alpha value is -2.11. The predicted molar refractivity (Wildman–Crippen MR) is 70.5 cm³/mol. The topological polar surface area (TPSA) is 91.3 Å². The van der Waals surface area contributed by atoms with Crippen LogP contribution < -0.4 is 10.6 Å². The van der Waals surface area contributed by atoms with Crippen LogP contribution in [0.1, 0.15) is 26.5 Å². The lowest BCUT2D eigenvalue weighted by molar-refractivity contribution is -0.141. The third-order valence-electron chi connectivity index (χ3n) is 2.54. The van der Waals surface area contributed by atoms with Gasteiger partial charge in [0.05, 0.1) is 12.2 Å². The molecule has 0 aliphatic rings. The fourth-order valence-corrected chi connectivity index (χ4v) is 1.50. The lowest BCUT2D eigenvalue weighted by atomic mass is 9.87. The molecule has 0 spiro atoms. The first kappa shape index (κ1) is 14.9. The summed E-state index contributed by atoms with van der Waals surface area (Å²) in [5.74, 6) is -1.06. The molecule has 1 atom stereocenters. The molecule has 1 aromatic rings. The molecule has 104 valence electrons. The second-order valence-corrected chi connectivity index (χ2v) is 5.29. The van der Waals surface area contributed by atoms with Gasteiger partial charge in [-0.15, -0.1) is 0 Å². The van der Waals surface area contributed by atoms with Crippen LogP contribution in [-0.4, -0.2) is 28.1 Å². The molecule has 0 aliphatic heterocycles. The van der Waals surface area contributed by atoms with E-state index < -0.39 is 23.5 Å². The minimum atomic E-state index is -1.06. The lowest BCUT2D eigenvalue weighted by Gasteiger charge is -2.27. The number of nitrogens with one attached hydrogen (secondary N) is 2. The van der Waals surface area contributed by atoms with Crippen molar-refractivity contribution in [3.63, 3.8) is 0 Å². The molecule has 0 bridgehead atoms. The molecule has 0 saturated carbocycles. The van der Waals surface area contributed by atoms with Crippen LogP contribution in [0.2, 0.25) is 0 Å². The number of carboxylic acids is 1. The molecule has 2 amide bonds. The number of pyridine rings is 1. The van der Waals surface area contributed by atoms with E-state index in [4.69, 9.17) is 5.11 Å². The average Bonchev–Trinajstić information content (AvgIpc) is 2.33. The lowest BCUT2D eigenvalue weighted by Crippen LogP contribution is -2.52. The maximum Gasteiger partial charge on any atom is 0.326 e. The van der Waals surface area contributed by atoms with Crippen molar-refractivity contribution in [2.45, 2.75) is 33.4 Å². The number of aromatic nitrogens is 1. The van der Waals surface area contributed by atoms with Crippen LogP contribution in [0.25, 0.3) is 0 Å². The molecule has 19 heavy (non-hydrogen) atoms. The smallest absolute Gasteiger partial charge is 0.326 e. The molecule has 6 nitrogen and oxygen atoms in total. The molecule has 6 heteroatoms. The highest BCUT2D eigenvalue weighted by Crippen LogP contribution is 2.19. The first-order chi connectivity index (χ1) is 8.80. The van der Waals surface area contributed by atoms with Crippen molar-refractivity contribution in [3.05, 3.63) is 30.1 Å². The van der Waals surface area contributed by atoms with Crippen molar-refractivity contribution in [2.24, 2.45) is 5.41 Å². The summed E-state index contributed by atoms with van der Waals surface area (Å²) in [6.45, 7) is 5.52. The van der Waals surface area contributed by atoms with Crippen LogP contribution in [0.4, 0.5) is 4.79 Å². The molecule has 1 aromatic heterocycles. The fraction of sp³-hybridized carbons (Fsp3) is 0.462. The van der Waals surface area contributed by atoms with E-state index in [1.807, 2.05) is 6.07 Å². The number of urea groups is 1. The highest BCUT2D eigenvalue weighted by molar-refractivity contribution is 5.83.